The molecule has 2 aromatic carbocycles. The van der Waals surface area contributed by atoms with Crippen molar-refractivity contribution in [3.63, 3.8) is 0 Å². The highest BCUT2D eigenvalue weighted by molar-refractivity contribution is 6.00. The molecule has 2 amide bonds. The maximum atomic E-state index is 13.0. The number of Topliss-reactive ketones (excluding diaryl/α,β-unsaturated/α-hetero) is 1. The van der Waals surface area contributed by atoms with E-state index in [0.717, 1.165) is 11.1 Å². The second kappa shape index (κ2) is 7.97. The van der Waals surface area contributed by atoms with Gasteiger partial charge in [-0.05, 0) is 57.0 Å². The number of amides is 2. The van der Waals surface area contributed by atoms with E-state index < -0.39 is 11.3 Å². The van der Waals surface area contributed by atoms with Gasteiger partial charge in [-0.2, -0.15) is 0 Å². The zero-order valence-corrected chi connectivity index (χ0v) is 18.9. The molecule has 0 unspecified atom stereocenters. The molecule has 2 heterocycles. The molecule has 1 N–H and O–H groups in total. The van der Waals surface area contributed by atoms with Crippen molar-refractivity contribution in [1.29, 1.82) is 0 Å². The molecular weight excluding hydrogens is 408 g/mol. The van der Waals surface area contributed by atoms with Crippen molar-refractivity contribution in [2.45, 2.75) is 51.9 Å². The normalized spacial score (nSPS) is 17.2. The monoisotopic (exact) mass is 436 g/mol. The summed E-state index contributed by atoms with van der Waals surface area (Å²) in [6, 6.07) is 12.8. The topological polar surface area (TPSA) is 84.9 Å². The smallest absolute Gasteiger partial charge is 0.410 e. The van der Waals surface area contributed by atoms with Crippen molar-refractivity contribution in [1.82, 2.24) is 10.2 Å². The van der Waals surface area contributed by atoms with Crippen molar-refractivity contribution in [3.05, 3.63) is 53.6 Å². The summed E-state index contributed by atoms with van der Waals surface area (Å²) in [4.78, 5) is 38.7. The lowest BCUT2D eigenvalue weighted by Gasteiger charge is -2.44. The fraction of sp³-hybridized carbons (Fsp3) is 0.400. The molecular formula is C25H28N2O5. The van der Waals surface area contributed by atoms with Crippen LogP contribution in [0, 0.1) is 0 Å². The van der Waals surface area contributed by atoms with E-state index in [4.69, 9.17) is 9.47 Å². The Hall–Kier alpha value is -3.35. The van der Waals surface area contributed by atoms with Gasteiger partial charge in [-0.25, -0.2) is 4.79 Å². The van der Waals surface area contributed by atoms with Gasteiger partial charge in [0.2, 0.25) is 0 Å². The van der Waals surface area contributed by atoms with Gasteiger partial charge in [0.25, 0.3) is 5.91 Å². The Morgan fingerprint density at radius 3 is 2.41 bits per heavy atom. The number of ketones is 1. The van der Waals surface area contributed by atoms with Crippen LogP contribution in [0.5, 0.6) is 5.75 Å². The second-order valence-electron chi connectivity index (χ2n) is 9.37. The summed E-state index contributed by atoms with van der Waals surface area (Å²) < 4.78 is 11.7. The molecule has 1 spiro atoms. The van der Waals surface area contributed by atoms with Gasteiger partial charge in [-0.1, -0.05) is 24.3 Å². The molecule has 2 aliphatic heterocycles. The number of benzene rings is 2. The Morgan fingerprint density at radius 1 is 1.06 bits per heavy atom. The van der Waals surface area contributed by atoms with Gasteiger partial charge in [-0.15, -0.1) is 0 Å². The minimum absolute atomic E-state index is 0.00875. The van der Waals surface area contributed by atoms with Gasteiger partial charge in [0, 0.05) is 31.5 Å². The Labute approximate surface area is 187 Å². The van der Waals surface area contributed by atoms with E-state index in [9.17, 15) is 14.4 Å². The third-order valence-electron chi connectivity index (χ3n) is 5.70. The molecule has 7 nitrogen and oxygen atoms in total. The minimum Gasteiger partial charge on any atom is -0.467 e. The van der Waals surface area contributed by atoms with E-state index >= 15 is 0 Å². The summed E-state index contributed by atoms with van der Waals surface area (Å²) >= 11 is 0. The highest BCUT2D eigenvalue weighted by Gasteiger charge is 2.44. The predicted molar refractivity (Wildman–Crippen MR) is 120 cm³/mol. The molecule has 0 saturated carbocycles. The van der Waals surface area contributed by atoms with E-state index in [1.54, 1.807) is 23.1 Å². The van der Waals surface area contributed by atoms with Crippen LogP contribution in [0.25, 0.3) is 11.1 Å². The number of nitrogens with one attached hydrogen (secondary N) is 1. The summed E-state index contributed by atoms with van der Waals surface area (Å²) in [5.74, 6) is 0.304. The number of piperidine rings is 1. The summed E-state index contributed by atoms with van der Waals surface area (Å²) in [5, 5.41) is 3.01. The van der Waals surface area contributed by atoms with Gasteiger partial charge in [-0.3, -0.25) is 9.59 Å². The van der Waals surface area contributed by atoms with E-state index in [1.165, 1.54) is 6.92 Å². The molecule has 32 heavy (non-hydrogen) atoms. The highest BCUT2D eigenvalue weighted by Crippen LogP contribution is 2.36. The lowest BCUT2D eigenvalue weighted by Crippen LogP contribution is -2.61. The molecule has 2 aliphatic rings. The predicted octanol–water partition coefficient (Wildman–Crippen LogP) is 4.41. The maximum absolute atomic E-state index is 13.0. The van der Waals surface area contributed by atoms with Crippen molar-refractivity contribution in [2.24, 2.45) is 0 Å². The largest absolute Gasteiger partial charge is 0.467 e. The van der Waals surface area contributed by atoms with Crippen LogP contribution in [0.3, 0.4) is 0 Å². The summed E-state index contributed by atoms with van der Waals surface area (Å²) in [6.07, 6.45) is 0.590. The molecule has 2 aromatic rings. The lowest BCUT2D eigenvalue weighted by molar-refractivity contribution is -0.0366. The van der Waals surface area contributed by atoms with Crippen molar-refractivity contribution in [2.75, 3.05) is 13.1 Å². The number of nitrogens with zero attached hydrogens (tertiary/aromatic N) is 1. The first kappa shape index (κ1) is 21.9. The van der Waals surface area contributed by atoms with Crippen LogP contribution in [0.1, 0.15) is 61.3 Å². The Morgan fingerprint density at radius 2 is 1.75 bits per heavy atom. The quantitative estimate of drug-likeness (QED) is 0.705. The van der Waals surface area contributed by atoms with Crippen LogP contribution >= 0.6 is 0 Å². The van der Waals surface area contributed by atoms with Crippen LogP contribution in [0.4, 0.5) is 4.79 Å². The number of rotatable bonds is 2. The summed E-state index contributed by atoms with van der Waals surface area (Å²) in [6.45, 7) is 7.90. The van der Waals surface area contributed by atoms with Crippen LogP contribution < -0.4 is 10.1 Å². The Balaban J connectivity index is 1.51. The first-order valence-electron chi connectivity index (χ1n) is 10.8. The van der Waals surface area contributed by atoms with E-state index in [-0.39, 0.29) is 17.8 Å². The average molecular weight is 437 g/mol. The Kier molecular flexibility index (Phi) is 5.44. The third-order valence-corrected chi connectivity index (χ3v) is 5.70. The second-order valence-corrected chi connectivity index (χ2v) is 9.37. The number of hydrogen-bond acceptors (Lipinski definition) is 5. The number of ether oxygens (including phenoxy) is 2. The van der Waals surface area contributed by atoms with E-state index in [0.29, 0.717) is 42.8 Å². The zero-order chi connectivity index (χ0) is 23.1. The van der Waals surface area contributed by atoms with Gasteiger partial charge in [0.15, 0.2) is 11.5 Å². The van der Waals surface area contributed by atoms with Crippen LogP contribution in [-0.2, 0) is 4.74 Å². The van der Waals surface area contributed by atoms with Gasteiger partial charge < -0.3 is 19.7 Å². The molecule has 1 saturated heterocycles. The molecule has 0 radical (unpaired) electrons. The van der Waals surface area contributed by atoms with Crippen LogP contribution in [0.2, 0.25) is 0 Å². The van der Waals surface area contributed by atoms with Crippen LogP contribution in [0.15, 0.2) is 42.5 Å². The fourth-order valence-corrected chi connectivity index (χ4v) is 4.01. The fourth-order valence-electron chi connectivity index (χ4n) is 4.01. The third kappa shape index (κ3) is 4.47. The van der Waals surface area contributed by atoms with Crippen molar-refractivity contribution >= 4 is 17.8 Å². The molecule has 7 heteroatoms. The maximum Gasteiger partial charge on any atom is 0.410 e. The average Bonchev–Trinajstić information content (AvgIpc) is 2.73. The number of likely N-dealkylation sites (tertiary alicyclic amines) is 1. The van der Waals surface area contributed by atoms with Crippen LogP contribution in [-0.4, -0.2) is 47.1 Å². The van der Waals surface area contributed by atoms with Gasteiger partial charge >= 0.3 is 6.09 Å². The molecule has 0 atom stereocenters. The zero-order valence-electron chi connectivity index (χ0n) is 18.9. The minimum atomic E-state index is -0.835. The van der Waals surface area contributed by atoms with Gasteiger partial charge in [0.1, 0.15) is 11.4 Å². The highest BCUT2D eigenvalue weighted by atomic mass is 16.6. The molecule has 168 valence electrons. The number of hydrogen-bond donors (Lipinski definition) is 1. The number of carbonyl (C=O) groups excluding carboxylic acids is 3. The molecule has 0 aliphatic carbocycles. The lowest BCUT2D eigenvalue weighted by atomic mass is 9.95. The molecule has 0 bridgehead atoms. The van der Waals surface area contributed by atoms with E-state index in [1.807, 2.05) is 45.0 Å². The van der Waals surface area contributed by atoms with Crippen molar-refractivity contribution in [3.8, 4) is 16.9 Å². The first-order chi connectivity index (χ1) is 15.1. The molecule has 1 fully saturated rings. The molecule has 4 rings (SSSR count). The SMILES string of the molecule is CC(=O)c1cccc(-c2ccc3c(c2)C(=O)NC2(CCN(C(=O)OC(C)(C)C)CC2)O3)c1. The molecule has 0 aromatic heterocycles. The number of fused-ring (bicyclic) bond motifs is 1. The van der Waals surface area contributed by atoms with Crippen molar-refractivity contribution < 1.29 is 23.9 Å². The standard InChI is InChI=1S/C25H28N2O5/c1-16(28)17-6-5-7-18(14-17)19-8-9-21-20(15-19)22(29)26-25(31-21)10-12-27(13-11-25)23(30)32-24(2,3)4/h5-9,14-15H,10-13H2,1-4H3,(H,26,29). The Bertz CT molecular complexity index is 1080. The van der Waals surface area contributed by atoms with Gasteiger partial charge in [0.05, 0.1) is 5.56 Å². The number of carbonyl (C=O) groups is 3. The summed E-state index contributed by atoms with van der Waals surface area (Å²) in [5.41, 5.74) is 1.38. The van der Waals surface area contributed by atoms with E-state index in [2.05, 4.69) is 5.32 Å². The summed E-state index contributed by atoms with van der Waals surface area (Å²) in [7, 11) is 0. The first-order valence-corrected chi connectivity index (χ1v) is 10.8.